The number of benzene rings is 3. The summed E-state index contributed by atoms with van der Waals surface area (Å²) in [6.45, 7) is 7.88. The molecule has 1 aliphatic heterocycles. The molecule has 1 aromatic heterocycles. The van der Waals surface area contributed by atoms with Crippen molar-refractivity contribution >= 4 is 22.6 Å². The Bertz CT molecular complexity index is 1280. The van der Waals surface area contributed by atoms with Crippen molar-refractivity contribution in [2.45, 2.75) is 45.6 Å². The molecule has 1 saturated heterocycles. The van der Waals surface area contributed by atoms with Crippen LogP contribution >= 0.6 is 11.6 Å². The van der Waals surface area contributed by atoms with Gasteiger partial charge in [0, 0.05) is 36.2 Å². The van der Waals surface area contributed by atoms with Crippen molar-refractivity contribution in [3.63, 3.8) is 0 Å². The van der Waals surface area contributed by atoms with Gasteiger partial charge < -0.3 is 14.0 Å². The molecular formula is C31H36ClN3O2. The lowest BCUT2D eigenvalue weighted by Crippen LogP contribution is -2.25. The van der Waals surface area contributed by atoms with Gasteiger partial charge in [0.2, 0.25) is 0 Å². The van der Waals surface area contributed by atoms with Crippen LogP contribution in [0.4, 0.5) is 0 Å². The third-order valence-corrected chi connectivity index (χ3v) is 7.27. The monoisotopic (exact) mass is 517 g/mol. The Labute approximate surface area is 225 Å². The molecular weight excluding hydrogens is 482 g/mol. The van der Waals surface area contributed by atoms with Gasteiger partial charge in [-0.15, -0.1) is 0 Å². The number of unbranched alkanes of at least 4 members (excludes halogenated alkanes) is 1. The first-order valence-electron chi connectivity index (χ1n) is 13.5. The number of imidazole rings is 1. The Morgan fingerprint density at radius 1 is 0.838 bits per heavy atom. The lowest BCUT2D eigenvalue weighted by Gasteiger charge is -2.15. The second-order valence-corrected chi connectivity index (χ2v) is 10.2. The maximum atomic E-state index is 6.12. The van der Waals surface area contributed by atoms with Gasteiger partial charge in [0.05, 0.1) is 17.6 Å². The third kappa shape index (κ3) is 6.65. The van der Waals surface area contributed by atoms with Crippen LogP contribution in [0.3, 0.4) is 0 Å². The van der Waals surface area contributed by atoms with Crippen LogP contribution in [-0.4, -0.2) is 47.3 Å². The summed E-state index contributed by atoms with van der Waals surface area (Å²) in [5, 5.41) is 0.756. The summed E-state index contributed by atoms with van der Waals surface area (Å²) >= 11 is 6.00. The summed E-state index contributed by atoms with van der Waals surface area (Å²) in [5.74, 6) is 2.77. The van der Waals surface area contributed by atoms with Crippen molar-refractivity contribution < 1.29 is 9.47 Å². The van der Waals surface area contributed by atoms with E-state index in [1.165, 1.54) is 31.5 Å². The lowest BCUT2D eigenvalue weighted by molar-refractivity contribution is 0.238. The van der Waals surface area contributed by atoms with Gasteiger partial charge in [0.1, 0.15) is 23.9 Å². The summed E-state index contributed by atoms with van der Waals surface area (Å²) in [5.41, 5.74) is 4.41. The number of ether oxygens (including phenoxy) is 2. The molecule has 37 heavy (non-hydrogen) atoms. The zero-order valence-corrected chi connectivity index (χ0v) is 22.4. The summed E-state index contributed by atoms with van der Waals surface area (Å²) in [7, 11) is 0. The van der Waals surface area contributed by atoms with E-state index in [0.29, 0.717) is 6.61 Å². The Hall–Kier alpha value is -3.02. The van der Waals surface area contributed by atoms with E-state index in [2.05, 4.69) is 52.8 Å². The minimum Gasteiger partial charge on any atom is -0.493 e. The molecule has 1 aliphatic rings. The highest BCUT2D eigenvalue weighted by Gasteiger charge is 2.14. The second kappa shape index (κ2) is 12.5. The van der Waals surface area contributed by atoms with Gasteiger partial charge in [0.15, 0.2) is 0 Å². The maximum absolute atomic E-state index is 6.12. The van der Waals surface area contributed by atoms with Crippen molar-refractivity contribution in [2.75, 3.05) is 32.8 Å². The van der Waals surface area contributed by atoms with Crippen LogP contribution in [-0.2, 0) is 13.0 Å². The molecule has 194 valence electrons. The van der Waals surface area contributed by atoms with E-state index in [1.807, 2.05) is 30.3 Å². The number of aryl methyl sites for hydroxylation is 1. The molecule has 5 rings (SSSR count). The molecule has 3 aromatic carbocycles. The van der Waals surface area contributed by atoms with Crippen LogP contribution in [0.5, 0.6) is 11.5 Å². The lowest BCUT2D eigenvalue weighted by atomic mass is 10.2. The molecule has 0 aliphatic carbocycles. The molecule has 0 bridgehead atoms. The zero-order chi connectivity index (χ0) is 25.5. The number of halogens is 1. The fourth-order valence-electron chi connectivity index (χ4n) is 4.89. The van der Waals surface area contributed by atoms with E-state index in [9.17, 15) is 0 Å². The topological polar surface area (TPSA) is 39.5 Å². The number of hydrogen-bond acceptors (Lipinski definition) is 4. The van der Waals surface area contributed by atoms with E-state index in [1.54, 1.807) is 0 Å². The first kappa shape index (κ1) is 25.6. The largest absolute Gasteiger partial charge is 0.493 e. The van der Waals surface area contributed by atoms with Gasteiger partial charge in [-0.1, -0.05) is 37.1 Å². The van der Waals surface area contributed by atoms with Gasteiger partial charge in [-0.05, 0) is 86.4 Å². The Balaban J connectivity index is 1.28. The van der Waals surface area contributed by atoms with E-state index >= 15 is 0 Å². The van der Waals surface area contributed by atoms with Crippen LogP contribution in [0.15, 0.2) is 66.7 Å². The van der Waals surface area contributed by atoms with Crippen molar-refractivity contribution in [3.05, 3.63) is 77.3 Å². The van der Waals surface area contributed by atoms with Crippen LogP contribution in [0, 0.1) is 0 Å². The molecule has 4 aromatic rings. The van der Waals surface area contributed by atoms with Gasteiger partial charge in [0.25, 0.3) is 0 Å². The van der Waals surface area contributed by atoms with Crippen LogP contribution < -0.4 is 9.47 Å². The first-order valence-corrected chi connectivity index (χ1v) is 13.9. The van der Waals surface area contributed by atoms with E-state index in [-0.39, 0.29) is 0 Å². The number of hydrogen-bond donors (Lipinski definition) is 0. The average Bonchev–Trinajstić information content (AvgIpc) is 3.57. The standard InChI is InChI=1S/C31H36ClN3O2/c1-2-3-19-35-30-23-28(36-21-16-24-6-10-26(32)11-7-24)14-15-29(30)33-31(35)25-8-12-27(13-9-25)37-22-20-34-17-4-5-18-34/h6-15,23H,2-5,16-22H2,1H3. The molecule has 0 spiro atoms. The number of nitrogens with zero attached hydrogens (tertiary/aromatic N) is 3. The Morgan fingerprint density at radius 3 is 2.32 bits per heavy atom. The smallest absolute Gasteiger partial charge is 0.141 e. The minimum atomic E-state index is 0.613. The van der Waals surface area contributed by atoms with E-state index in [0.717, 1.165) is 77.9 Å². The average molecular weight is 518 g/mol. The number of rotatable bonds is 12. The number of likely N-dealkylation sites (tertiary alicyclic amines) is 1. The normalized spacial score (nSPS) is 13.9. The maximum Gasteiger partial charge on any atom is 0.141 e. The summed E-state index contributed by atoms with van der Waals surface area (Å²) < 4.78 is 14.5. The molecule has 1 fully saturated rings. The second-order valence-electron chi connectivity index (χ2n) is 9.74. The fourth-order valence-corrected chi connectivity index (χ4v) is 5.02. The SMILES string of the molecule is CCCCn1c(-c2ccc(OCCN3CCCC3)cc2)nc2ccc(OCCc3ccc(Cl)cc3)cc21. The molecule has 6 heteroatoms. The number of fused-ring (bicyclic) bond motifs is 1. The van der Waals surface area contributed by atoms with Crippen molar-refractivity contribution in [2.24, 2.45) is 0 Å². The highest BCUT2D eigenvalue weighted by molar-refractivity contribution is 6.30. The number of aromatic nitrogens is 2. The fraction of sp³-hybridized carbons (Fsp3) is 0.387. The summed E-state index contributed by atoms with van der Waals surface area (Å²) in [6, 6.07) is 22.5. The predicted octanol–water partition coefficient (Wildman–Crippen LogP) is 7.25. The molecule has 0 N–H and O–H groups in total. The molecule has 0 atom stereocenters. The van der Waals surface area contributed by atoms with E-state index < -0.39 is 0 Å². The third-order valence-electron chi connectivity index (χ3n) is 7.02. The molecule has 0 radical (unpaired) electrons. The Morgan fingerprint density at radius 2 is 1.57 bits per heavy atom. The van der Waals surface area contributed by atoms with Gasteiger partial charge in [-0.2, -0.15) is 0 Å². The van der Waals surface area contributed by atoms with Gasteiger partial charge >= 0.3 is 0 Å². The van der Waals surface area contributed by atoms with Crippen molar-refractivity contribution in [3.8, 4) is 22.9 Å². The molecule has 5 nitrogen and oxygen atoms in total. The quantitative estimate of drug-likeness (QED) is 0.198. The van der Waals surface area contributed by atoms with Crippen molar-refractivity contribution in [1.29, 1.82) is 0 Å². The first-order chi connectivity index (χ1) is 18.2. The Kier molecular flexibility index (Phi) is 8.64. The summed E-state index contributed by atoms with van der Waals surface area (Å²) in [6.07, 6.45) is 5.68. The zero-order valence-electron chi connectivity index (χ0n) is 21.7. The van der Waals surface area contributed by atoms with Gasteiger partial charge in [-0.3, -0.25) is 4.90 Å². The molecule has 0 saturated carbocycles. The van der Waals surface area contributed by atoms with Crippen molar-refractivity contribution in [1.82, 2.24) is 14.5 Å². The van der Waals surface area contributed by atoms with E-state index in [4.69, 9.17) is 26.1 Å². The van der Waals surface area contributed by atoms with Crippen LogP contribution in [0.1, 0.15) is 38.2 Å². The highest BCUT2D eigenvalue weighted by Crippen LogP contribution is 2.29. The molecule has 0 unspecified atom stereocenters. The van der Waals surface area contributed by atoms with Crippen LogP contribution in [0.25, 0.3) is 22.4 Å². The van der Waals surface area contributed by atoms with Gasteiger partial charge in [-0.25, -0.2) is 4.98 Å². The molecule has 2 heterocycles. The molecule has 0 amide bonds. The predicted molar refractivity (Wildman–Crippen MR) is 152 cm³/mol. The highest BCUT2D eigenvalue weighted by atomic mass is 35.5. The van der Waals surface area contributed by atoms with Crippen LogP contribution in [0.2, 0.25) is 5.02 Å². The minimum absolute atomic E-state index is 0.613. The summed E-state index contributed by atoms with van der Waals surface area (Å²) in [4.78, 5) is 7.48.